The van der Waals surface area contributed by atoms with Crippen molar-refractivity contribution in [2.45, 2.75) is 6.17 Å². The lowest BCUT2D eigenvalue weighted by atomic mass is 9.99. The molecule has 1 aliphatic rings. The van der Waals surface area contributed by atoms with Crippen LogP contribution in [-0.4, -0.2) is 10.7 Å². The summed E-state index contributed by atoms with van der Waals surface area (Å²) in [5.41, 5.74) is 9.09. The fourth-order valence-electron chi connectivity index (χ4n) is 5.85. The van der Waals surface area contributed by atoms with Crippen molar-refractivity contribution in [2.24, 2.45) is 4.99 Å². The van der Waals surface area contributed by atoms with Gasteiger partial charge in [-0.1, -0.05) is 88.7 Å². The third-order valence-electron chi connectivity index (χ3n) is 7.83. The van der Waals surface area contributed by atoms with Gasteiger partial charge in [-0.25, -0.2) is 0 Å². The lowest BCUT2D eigenvalue weighted by Gasteiger charge is -2.32. The summed E-state index contributed by atoms with van der Waals surface area (Å²) in [7, 11) is 0. The molecule has 0 radical (unpaired) electrons. The van der Waals surface area contributed by atoms with Gasteiger partial charge < -0.3 is 9.32 Å². The molecule has 0 amide bonds. The number of para-hydroxylation sites is 1. The van der Waals surface area contributed by atoms with Gasteiger partial charge in [-0.3, -0.25) is 9.98 Å². The largest absolute Gasteiger partial charge is 0.456 e. The Balaban J connectivity index is 1.23. The molecule has 0 saturated carbocycles. The molecule has 7 aromatic rings. The Morgan fingerprint density at radius 2 is 1.50 bits per heavy atom. The maximum absolute atomic E-state index is 6.19. The van der Waals surface area contributed by atoms with Crippen molar-refractivity contribution in [3.05, 3.63) is 155 Å². The lowest BCUT2D eigenvalue weighted by molar-refractivity contribution is 0.669. The van der Waals surface area contributed by atoms with Gasteiger partial charge in [0.1, 0.15) is 11.2 Å². The van der Waals surface area contributed by atoms with Gasteiger partial charge in [0.15, 0.2) is 6.17 Å². The first-order valence-corrected chi connectivity index (χ1v) is 14.7. The number of hydrogen-bond donors (Lipinski definition) is 0. The molecule has 1 aliphatic heterocycles. The summed E-state index contributed by atoms with van der Waals surface area (Å²) in [4.78, 5) is 12.1. The fraction of sp³-hybridized carbons (Fsp3) is 0.0270. The molecule has 0 aliphatic carbocycles. The van der Waals surface area contributed by atoms with Crippen molar-refractivity contribution in [3.63, 3.8) is 0 Å². The molecule has 4 nitrogen and oxygen atoms in total. The molecule has 3 heterocycles. The summed E-state index contributed by atoms with van der Waals surface area (Å²) in [5.74, 6) is 0. The second-order valence-corrected chi connectivity index (χ2v) is 11.3. The molecule has 1 atom stereocenters. The standard InChI is InChI=1S/C37H24BrN3O/c38-27-20-26(29-11-6-13-34-30(29)12-7-18-39-34)21-28(23-27)41-19-17-33(40-37(41)24-8-2-1-3-9-24)25-15-16-32-31-10-4-5-14-35(31)42-36(32)22-25/h1-23,37H. The molecule has 0 spiro atoms. The van der Waals surface area contributed by atoms with Gasteiger partial charge >= 0.3 is 0 Å². The number of halogens is 1. The first kappa shape index (κ1) is 24.8. The Kier molecular flexibility index (Phi) is 5.97. The van der Waals surface area contributed by atoms with Crippen LogP contribution in [0.4, 0.5) is 5.69 Å². The van der Waals surface area contributed by atoms with Crippen LogP contribution in [0, 0.1) is 0 Å². The number of aromatic nitrogens is 1. The van der Waals surface area contributed by atoms with Crippen LogP contribution in [0.3, 0.4) is 0 Å². The van der Waals surface area contributed by atoms with Gasteiger partial charge in [-0.2, -0.15) is 0 Å². The van der Waals surface area contributed by atoms with Gasteiger partial charge in [0.25, 0.3) is 0 Å². The van der Waals surface area contributed by atoms with Crippen LogP contribution in [-0.2, 0) is 0 Å². The highest BCUT2D eigenvalue weighted by Crippen LogP contribution is 2.38. The van der Waals surface area contributed by atoms with E-state index >= 15 is 0 Å². The quantitative estimate of drug-likeness (QED) is 0.200. The Morgan fingerprint density at radius 3 is 2.43 bits per heavy atom. The zero-order chi connectivity index (χ0) is 28.0. The molecular formula is C37H24BrN3O. The Hall–Kier alpha value is -5.00. The van der Waals surface area contributed by atoms with Gasteiger partial charge in [0.2, 0.25) is 0 Å². The van der Waals surface area contributed by atoms with Crippen molar-refractivity contribution >= 4 is 60.2 Å². The number of nitrogens with zero attached hydrogens (tertiary/aromatic N) is 3. The minimum Gasteiger partial charge on any atom is -0.456 e. The van der Waals surface area contributed by atoms with E-state index in [0.717, 1.165) is 71.0 Å². The smallest absolute Gasteiger partial charge is 0.151 e. The predicted molar refractivity (Wildman–Crippen MR) is 176 cm³/mol. The second-order valence-electron chi connectivity index (χ2n) is 10.4. The number of hydrogen-bond acceptors (Lipinski definition) is 4. The van der Waals surface area contributed by atoms with E-state index in [1.807, 2.05) is 36.5 Å². The highest BCUT2D eigenvalue weighted by molar-refractivity contribution is 9.10. The number of aliphatic imine (C=N–C) groups is 1. The summed E-state index contributed by atoms with van der Waals surface area (Å²) in [6.07, 6.45) is 5.82. The maximum atomic E-state index is 6.19. The average Bonchev–Trinajstić information content (AvgIpc) is 3.42. The van der Waals surface area contributed by atoms with E-state index in [1.165, 1.54) is 0 Å². The molecule has 0 N–H and O–H groups in total. The summed E-state index contributed by atoms with van der Waals surface area (Å²) in [6.45, 7) is 0. The third kappa shape index (κ3) is 4.30. The number of fused-ring (bicyclic) bond motifs is 4. The molecule has 5 aromatic carbocycles. The molecular weight excluding hydrogens is 582 g/mol. The van der Waals surface area contributed by atoms with Crippen molar-refractivity contribution in [1.82, 2.24) is 4.98 Å². The van der Waals surface area contributed by atoms with Crippen LogP contribution in [0.1, 0.15) is 17.3 Å². The van der Waals surface area contributed by atoms with E-state index in [4.69, 9.17) is 9.41 Å². The molecule has 0 bridgehead atoms. The number of allylic oxidation sites excluding steroid dienone is 1. The maximum Gasteiger partial charge on any atom is 0.151 e. The minimum atomic E-state index is -0.242. The highest BCUT2D eigenvalue weighted by atomic mass is 79.9. The Labute approximate surface area is 251 Å². The molecule has 200 valence electrons. The average molecular weight is 607 g/mol. The summed E-state index contributed by atoms with van der Waals surface area (Å²) in [5, 5.41) is 3.36. The van der Waals surface area contributed by atoms with Crippen LogP contribution in [0.5, 0.6) is 0 Å². The molecule has 2 aromatic heterocycles. The minimum absolute atomic E-state index is 0.242. The Morgan fingerprint density at radius 1 is 0.667 bits per heavy atom. The van der Waals surface area contributed by atoms with Crippen molar-refractivity contribution < 1.29 is 4.42 Å². The molecule has 8 rings (SSSR count). The molecule has 0 saturated heterocycles. The van der Waals surface area contributed by atoms with Crippen LogP contribution < -0.4 is 4.90 Å². The lowest BCUT2D eigenvalue weighted by Crippen LogP contribution is -2.26. The number of rotatable bonds is 4. The van der Waals surface area contributed by atoms with Gasteiger partial charge in [0.05, 0.1) is 11.2 Å². The number of benzene rings is 5. The number of anilines is 1. The van der Waals surface area contributed by atoms with Crippen molar-refractivity contribution in [3.8, 4) is 11.1 Å². The summed E-state index contributed by atoms with van der Waals surface area (Å²) in [6, 6.07) is 41.9. The van der Waals surface area contributed by atoms with Crippen molar-refractivity contribution in [1.29, 1.82) is 0 Å². The highest BCUT2D eigenvalue weighted by Gasteiger charge is 2.24. The first-order chi connectivity index (χ1) is 20.7. The van der Waals surface area contributed by atoms with Crippen LogP contribution >= 0.6 is 15.9 Å². The zero-order valence-corrected chi connectivity index (χ0v) is 24.1. The van der Waals surface area contributed by atoms with E-state index in [2.05, 4.69) is 129 Å². The third-order valence-corrected chi connectivity index (χ3v) is 8.29. The van der Waals surface area contributed by atoms with Gasteiger partial charge in [-0.05, 0) is 71.3 Å². The molecule has 1 unspecified atom stereocenters. The molecule has 5 heteroatoms. The molecule has 42 heavy (non-hydrogen) atoms. The van der Waals surface area contributed by atoms with E-state index < -0.39 is 0 Å². The van der Waals surface area contributed by atoms with Crippen molar-refractivity contribution in [2.75, 3.05) is 4.90 Å². The number of pyridine rings is 1. The Bertz CT molecular complexity index is 2180. The first-order valence-electron chi connectivity index (χ1n) is 13.9. The van der Waals surface area contributed by atoms with E-state index in [-0.39, 0.29) is 6.17 Å². The SMILES string of the molecule is Brc1cc(-c2cccc3ncccc23)cc(N2C=CC(c3ccc4c(c3)oc3ccccc34)=NC2c2ccccc2)c1. The second kappa shape index (κ2) is 10.1. The summed E-state index contributed by atoms with van der Waals surface area (Å²) < 4.78 is 7.19. The molecule has 0 fully saturated rings. The predicted octanol–water partition coefficient (Wildman–Crippen LogP) is 10.1. The number of furan rings is 1. The van der Waals surface area contributed by atoms with Crippen LogP contribution in [0.25, 0.3) is 44.0 Å². The van der Waals surface area contributed by atoms with Gasteiger partial charge in [-0.15, -0.1) is 0 Å². The normalized spacial score (nSPS) is 15.0. The van der Waals surface area contributed by atoms with Crippen LogP contribution in [0.15, 0.2) is 154 Å². The summed E-state index contributed by atoms with van der Waals surface area (Å²) >= 11 is 3.79. The van der Waals surface area contributed by atoms with E-state index in [9.17, 15) is 0 Å². The van der Waals surface area contributed by atoms with Crippen LogP contribution in [0.2, 0.25) is 0 Å². The zero-order valence-electron chi connectivity index (χ0n) is 22.5. The van der Waals surface area contributed by atoms with E-state index in [1.54, 1.807) is 0 Å². The monoisotopic (exact) mass is 605 g/mol. The topological polar surface area (TPSA) is 41.6 Å². The van der Waals surface area contributed by atoms with E-state index in [0.29, 0.717) is 0 Å². The van der Waals surface area contributed by atoms with Gasteiger partial charge in [0, 0.05) is 44.3 Å². The fourth-order valence-corrected chi connectivity index (χ4v) is 6.33.